The van der Waals surface area contributed by atoms with E-state index in [0.717, 1.165) is 22.6 Å². The Bertz CT molecular complexity index is 600. The zero-order chi connectivity index (χ0) is 16.3. The molecule has 1 aliphatic rings. The minimum Gasteiger partial charge on any atom is -0.480 e. The van der Waals surface area contributed by atoms with Crippen LogP contribution in [0.3, 0.4) is 0 Å². The van der Waals surface area contributed by atoms with Crippen molar-refractivity contribution in [3.05, 3.63) is 29.8 Å². The molecular weight excluding hydrogens is 284 g/mol. The molecule has 0 bridgehead atoms. The van der Waals surface area contributed by atoms with Crippen molar-refractivity contribution in [2.45, 2.75) is 19.8 Å². The van der Waals surface area contributed by atoms with Gasteiger partial charge in [-0.1, -0.05) is 25.1 Å². The molecule has 1 unspecified atom stereocenters. The highest BCUT2D eigenvalue weighted by Crippen LogP contribution is 2.29. The second-order valence-electron chi connectivity index (χ2n) is 5.48. The van der Waals surface area contributed by atoms with E-state index in [2.05, 4.69) is 0 Å². The molecule has 1 aliphatic heterocycles. The smallest absolute Gasteiger partial charge is 0.323 e. The van der Waals surface area contributed by atoms with Crippen LogP contribution in [0.5, 0.6) is 0 Å². The molecule has 2 amide bonds. The van der Waals surface area contributed by atoms with Crippen molar-refractivity contribution in [2.24, 2.45) is 5.92 Å². The highest BCUT2D eigenvalue weighted by molar-refractivity contribution is 6.01. The molecule has 1 fully saturated rings. The Morgan fingerprint density at radius 1 is 1.36 bits per heavy atom. The lowest BCUT2D eigenvalue weighted by molar-refractivity contribution is -0.145. The van der Waals surface area contributed by atoms with Crippen LogP contribution in [0.15, 0.2) is 24.3 Å². The predicted molar refractivity (Wildman–Crippen MR) is 81.6 cm³/mol. The Balaban J connectivity index is 2.14. The molecule has 1 saturated heterocycles. The van der Waals surface area contributed by atoms with E-state index in [1.807, 2.05) is 31.2 Å². The number of rotatable bonds is 5. The average molecular weight is 304 g/mol. The number of anilines is 1. The maximum absolute atomic E-state index is 12.2. The summed E-state index contributed by atoms with van der Waals surface area (Å²) in [5.41, 5.74) is 1.90. The van der Waals surface area contributed by atoms with Crippen LogP contribution < -0.4 is 4.90 Å². The average Bonchev–Trinajstić information content (AvgIpc) is 2.87. The highest BCUT2D eigenvalue weighted by Gasteiger charge is 2.37. The number of aliphatic carboxylic acids is 1. The predicted octanol–water partition coefficient (Wildman–Crippen LogP) is 1.14. The minimum atomic E-state index is -1.06. The van der Waals surface area contributed by atoms with Crippen LogP contribution in [0.1, 0.15) is 18.9 Å². The second kappa shape index (κ2) is 6.60. The summed E-state index contributed by atoms with van der Waals surface area (Å²) in [5, 5.41) is 8.75. The quantitative estimate of drug-likeness (QED) is 0.885. The van der Waals surface area contributed by atoms with Crippen molar-refractivity contribution in [2.75, 3.05) is 25.0 Å². The van der Waals surface area contributed by atoms with Crippen LogP contribution in [0.25, 0.3) is 0 Å². The van der Waals surface area contributed by atoms with Gasteiger partial charge < -0.3 is 14.9 Å². The van der Waals surface area contributed by atoms with Crippen molar-refractivity contribution in [3.8, 4) is 0 Å². The molecule has 2 rings (SSSR count). The van der Waals surface area contributed by atoms with Gasteiger partial charge in [0.15, 0.2) is 0 Å². The molecule has 0 aromatic heterocycles. The molecule has 22 heavy (non-hydrogen) atoms. The Hall–Kier alpha value is -2.37. The summed E-state index contributed by atoms with van der Waals surface area (Å²) in [6.45, 7) is 1.97. The van der Waals surface area contributed by atoms with Gasteiger partial charge in [0.25, 0.3) is 0 Å². The van der Waals surface area contributed by atoms with Crippen molar-refractivity contribution < 1.29 is 19.5 Å². The van der Waals surface area contributed by atoms with Crippen molar-refractivity contribution in [1.82, 2.24) is 4.90 Å². The second-order valence-corrected chi connectivity index (χ2v) is 5.48. The maximum atomic E-state index is 12.2. The Morgan fingerprint density at radius 2 is 2.05 bits per heavy atom. The summed E-state index contributed by atoms with van der Waals surface area (Å²) in [5.74, 6) is -1.94. The number of carboxylic acid groups (broad SMARTS) is 1. The first kappa shape index (κ1) is 16.0. The summed E-state index contributed by atoms with van der Waals surface area (Å²) < 4.78 is 0. The number of amides is 2. The number of para-hydroxylation sites is 1. The summed E-state index contributed by atoms with van der Waals surface area (Å²) >= 11 is 0. The molecule has 1 aromatic carbocycles. The number of hydrogen-bond donors (Lipinski definition) is 1. The third kappa shape index (κ3) is 3.27. The van der Waals surface area contributed by atoms with E-state index in [1.165, 1.54) is 7.05 Å². The maximum Gasteiger partial charge on any atom is 0.323 e. The molecular formula is C16H20N2O4. The zero-order valence-electron chi connectivity index (χ0n) is 12.8. The number of benzene rings is 1. The Kier molecular flexibility index (Phi) is 4.80. The number of carbonyl (C=O) groups is 3. The number of carbonyl (C=O) groups excluding carboxylic acids is 2. The van der Waals surface area contributed by atoms with Crippen molar-refractivity contribution >= 4 is 23.5 Å². The number of nitrogens with zero attached hydrogens (tertiary/aromatic N) is 2. The van der Waals surface area contributed by atoms with Crippen LogP contribution in [-0.2, 0) is 20.8 Å². The standard InChI is InChI=1S/C16H20N2O4/c1-3-11-6-4-5-7-13(11)18-9-12(8-14(18)19)16(22)17(2)10-15(20)21/h4-7,12H,3,8-10H2,1-2H3,(H,20,21). The van der Waals surface area contributed by atoms with Gasteiger partial charge in [0.2, 0.25) is 11.8 Å². The highest BCUT2D eigenvalue weighted by atomic mass is 16.4. The summed E-state index contributed by atoms with van der Waals surface area (Å²) in [6, 6.07) is 7.64. The van der Waals surface area contributed by atoms with Crippen molar-refractivity contribution in [1.29, 1.82) is 0 Å². The van der Waals surface area contributed by atoms with Gasteiger partial charge in [0, 0.05) is 25.7 Å². The fourth-order valence-corrected chi connectivity index (χ4v) is 2.77. The van der Waals surface area contributed by atoms with Crippen LogP contribution in [-0.4, -0.2) is 47.9 Å². The lowest BCUT2D eigenvalue weighted by atomic mass is 10.1. The number of aryl methyl sites for hydroxylation is 1. The third-order valence-electron chi connectivity index (χ3n) is 3.89. The van der Waals surface area contributed by atoms with E-state index in [4.69, 9.17) is 5.11 Å². The topological polar surface area (TPSA) is 77.9 Å². The van der Waals surface area contributed by atoms with E-state index >= 15 is 0 Å². The zero-order valence-corrected chi connectivity index (χ0v) is 12.8. The van der Waals surface area contributed by atoms with Crippen LogP contribution in [0.2, 0.25) is 0 Å². The molecule has 6 heteroatoms. The lowest BCUT2D eigenvalue weighted by Crippen LogP contribution is -2.37. The fourth-order valence-electron chi connectivity index (χ4n) is 2.77. The summed E-state index contributed by atoms with van der Waals surface area (Å²) in [7, 11) is 1.45. The monoisotopic (exact) mass is 304 g/mol. The molecule has 0 aliphatic carbocycles. The molecule has 1 N–H and O–H groups in total. The fraction of sp³-hybridized carbons (Fsp3) is 0.438. The summed E-state index contributed by atoms with van der Waals surface area (Å²) in [4.78, 5) is 38.0. The molecule has 1 heterocycles. The molecule has 1 atom stereocenters. The molecule has 118 valence electrons. The Morgan fingerprint density at radius 3 is 2.68 bits per heavy atom. The molecule has 0 saturated carbocycles. The Labute approximate surface area is 129 Å². The van der Waals surface area contributed by atoms with Gasteiger partial charge in [-0.2, -0.15) is 0 Å². The van der Waals surface area contributed by atoms with Gasteiger partial charge in [0.1, 0.15) is 6.54 Å². The summed E-state index contributed by atoms with van der Waals surface area (Å²) in [6.07, 6.45) is 0.929. The van der Waals surface area contributed by atoms with Crippen LogP contribution in [0, 0.1) is 5.92 Å². The van der Waals surface area contributed by atoms with E-state index in [-0.39, 0.29) is 24.8 Å². The van der Waals surface area contributed by atoms with Gasteiger partial charge in [-0.15, -0.1) is 0 Å². The molecule has 1 aromatic rings. The first-order valence-electron chi connectivity index (χ1n) is 7.29. The van der Waals surface area contributed by atoms with Crippen LogP contribution >= 0.6 is 0 Å². The number of hydrogen-bond acceptors (Lipinski definition) is 3. The lowest BCUT2D eigenvalue weighted by Gasteiger charge is -2.21. The molecule has 0 spiro atoms. The molecule has 0 radical (unpaired) electrons. The minimum absolute atomic E-state index is 0.0945. The van der Waals surface area contributed by atoms with Gasteiger partial charge in [-0.25, -0.2) is 0 Å². The third-order valence-corrected chi connectivity index (χ3v) is 3.89. The van der Waals surface area contributed by atoms with E-state index in [0.29, 0.717) is 6.54 Å². The number of carboxylic acids is 1. The van der Waals surface area contributed by atoms with Crippen LogP contribution in [0.4, 0.5) is 5.69 Å². The van der Waals surface area contributed by atoms with Gasteiger partial charge >= 0.3 is 5.97 Å². The largest absolute Gasteiger partial charge is 0.480 e. The van der Waals surface area contributed by atoms with Gasteiger partial charge in [-0.05, 0) is 18.1 Å². The number of likely N-dealkylation sites (N-methyl/N-ethyl adjacent to an activating group) is 1. The van der Waals surface area contributed by atoms with E-state index in [9.17, 15) is 14.4 Å². The normalized spacial score (nSPS) is 17.6. The van der Waals surface area contributed by atoms with Gasteiger partial charge in [0.05, 0.1) is 5.92 Å². The molecule has 6 nitrogen and oxygen atoms in total. The van der Waals surface area contributed by atoms with Gasteiger partial charge in [-0.3, -0.25) is 14.4 Å². The first-order chi connectivity index (χ1) is 10.4. The SMILES string of the molecule is CCc1ccccc1N1CC(C(=O)N(C)CC(=O)O)CC1=O. The van der Waals surface area contributed by atoms with E-state index in [1.54, 1.807) is 4.90 Å². The first-order valence-corrected chi connectivity index (χ1v) is 7.29. The van der Waals surface area contributed by atoms with E-state index < -0.39 is 11.9 Å². The van der Waals surface area contributed by atoms with Crippen molar-refractivity contribution in [3.63, 3.8) is 0 Å².